The molecule has 0 saturated carbocycles. The van der Waals surface area contributed by atoms with Gasteiger partial charge in [-0.2, -0.15) is 5.26 Å². The van der Waals surface area contributed by atoms with Crippen molar-refractivity contribution in [1.29, 1.82) is 5.26 Å². The van der Waals surface area contributed by atoms with Crippen LogP contribution in [0.4, 0.5) is 0 Å². The molecule has 11 aromatic carbocycles. The van der Waals surface area contributed by atoms with Gasteiger partial charge in [-0.3, -0.25) is 9.97 Å². The number of aromatic nitrogens is 6. The van der Waals surface area contributed by atoms with Crippen LogP contribution in [0.1, 0.15) is 50.3 Å². The van der Waals surface area contributed by atoms with Crippen LogP contribution >= 0.6 is 0 Å². The molecule has 19 rings (SSSR count). The predicted octanol–water partition coefficient (Wildman–Crippen LogP) is 20.0. The lowest BCUT2D eigenvalue weighted by atomic mass is 9.74. The van der Waals surface area contributed by atoms with E-state index in [0.29, 0.717) is 5.56 Å². The average molecular weight is 1140 g/mol. The smallest absolute Gasteiger partial charge is 0.107 e. The van der Waals surface area contributed by atoms with Crippen molar-refractivity contribution in [2.24, 2.45) is 0 Å². The van der Waals surface area contributed by atoms with Crippen LogP contribution in [0, 0.1) is 39.0 Å². The lowest BCUT2D eigenvalue weighted by molar-refractivity contribution is 0.732. The Bertz CT molecular complexity index is 5760. The maximum atomic E-state index is 13.3. The highest BCUT2D eigenvalue weighted by Crippen LogP contribution is 2.64. The minimum Gasteiger partial charge on any atom is -0.306 e. The van der Waals surface area contributed by atoms with E-state index >= 15 is 0 Å². The number of hydrogen-bond acceptors (Lipinski definition) is 3. The van der Waals surface area contributed by atoms with Crippen LogP contribution in [-0.2, 0) is 5.41 Å². The van der Waals surface area contributed by atoms with E-state index in [1.54, 1.807) is 0 Å². The van der Waals surface area contributed by atoms with E-state index in [4.69, 9.17) is 9.97 Å². The first-order chi connectivity index (χ1) is 43.8. The molecule has 6 heterocycles. The number of hydrogen-bond donors (Lipinski definition) is 0. The Morgan fingerprint density at radius 1 is 0.303 bits per heavy atom. The summed E-state index contributed by atoms with van der Waals surface area (Å²) in [6.07, 6.45) is 3.89. The molecule has 1 spiro atoms. The highest BCUT2D eigenvalue weighted by Gasteiger charge is 2.55. The molecule has 6 aromatic heterocycles. The van der Waals surface area contributed by atoms with Gasteiger partial charge in [0.05, 0.1) is 78.3 Å². The summed E-state index contributed by atoms with van der Waals surface area (Å²) < 4.78 is 9.91. The van der Waals surface area contributed by atoms with Gasteiger partial charge in [-0.1, -0.05) is 174 Å². The Kier molecular flexibility index (Phi) is 10.0. The third-order valence-corrected chi connectivity index (χ3v) is 19.7. The first-order valence-corrected chi connectivity index (χ1v) is 30.6. The Hall–Kier alpha value is -11.6. The van der Waals surface area contributed by atoms with E-state index < -0.39 is 5.41 Å². The van der Waals surface area contributed by atoms with E-state index in [1.807, 2.05) is 12.4 Å². The SMILES string of the molecule is Cc1ccc2c(c1)c1ccccc1n2-c1c(C#N)c(-n2c3ccccc3c3cc(C)ccc32)c(-n2c3ccccc3c3cc(C)ccc32)c(-c2cccc3c2-c2ccccc2C32c3ncccc3-c3cccnc32)c1-n1c2ccccc2c2cc(C)ccc21. The fraction of sp³-hybridized carbons (Fsp3) is 0.0610. The van der Waals surface area contributed by atoms with E-state index in [2.05, 4.69) is 289 Å². The van der Waals surface area contributed by atoms with Crippen molar-refractivity contribution in [3.8, 4) is 62.2 Å². The maximum Gasteiger partial charge on any atom is 0.107 e. The van der Waals surface area contributed by atoms with Crippen LogP contribution in [0.25, 0.3) is 143 Å². The zero-order valence-electron chi connectivity index (χ0n) is 49.3. The lowest BCUT2D eigenvalue weighted by Gasteiger charge is -2.31. The second kappa shape index (κ2) is 18.0. The van der Waals surface area contributed by atoms with Gasteiger partial charge in [0, 0.05) is 72.2 Å². The Balaban J connectivity index is 1.16. The van der Waals surface area contributed by atoms with Gasteiger partial charge >= 0.3 is 0 Å². The molecule has 0 amide bonds. The Labute approximate surface area is 512 Å². The number of para-hydroxylation sites is 4. The van der Waals surface area contributed by atoms with Crippen LogP contribution in [0.15, 0.2) is 249 Å². The van der Waals surface area contributed by atoms with E-state index in [0.717, 1.165) is 188 Å². The molecule has 0 N–H and O–H groups in total. The molecule has 0 radical (unpaired) electrons. The van der Waals surface area contributed by atoms with Gasteiger partial charge in [0.25, 0.3) is 0 Å². The molecule has 89 heavy (non-hydrogen) atoms. The van der Waals surface area contributed by atoms with Crippen molar-refractivity contribution >= 4 is 87.2 Å². The molecule has 0 saturated heterocycles. The monoisotopic (exact) mass is 1140 g/mol. The van der Waals surface area contributed by atoms with Crippen molar-refractivity contribution in [1.82, 2.24) is 28.2 Å². The van der Waals surface area contributed by atoms with Crippen LogP contribution in [0.5, 0.6) is 0 Å². The van der Waals surface area contributed by atoms with Crippen LogP contribution < -0.4 is 0 Å². The molecule has 7 nitrogen and oxygen atoms in total. The molecule has 17 aromatic rings. The number of benzene rings is 11. The Morgan fingerprint density at radius 2 is 0.640 bits per heavy atom. The van der Waals surface area contributed by atoms with Crippen molar-refractivity contribution in [2.45, 2.75) is 33.1 Å². The quantitative estimate of drug-likeness (QED) is 0.172. The molecular formula is C82H53N7. The fourth-order valence-corrected chi connectivity index (χ4v) is 16.2. The van der Waals surface area contributed by atoms with Gasteiger partial charge in [0.15, 0.2) is 0 Å². The van der Waals surface area contributed by atoms with Gasteiger partial charge in [0.2, 0.25) is 0 Å². The summed E-state index contributed by atoms with van der Waals surface area (Å²) in [5.41, 5.74) is 26.2. The molecule has 0 unspecified atom stereocenters. The summed E-state index contributed by atoms with van der Waals surface area (Å²) in [6, 6.07) is 90.3. The van der Waals surface area contributed by atoms with Crippen molar-refractivity contribution in [2.75, 3.05) is 0 Å². The number of nitriles is 1. The zero-order chi connectivity index (χ0) is 59.1. The standard InChI is InChI=1S/C82H53N7/c1-47-32-36-70-59(42-47)51-18-6-11-28-66(51)86(70)76-63(46-83)77(87-67-29-12-7-19-52(67)60-43-48(2)33-37-71(60)87)79(89-69-31-14-9-21-54(69)62-45-50(4)35-39-73(62)89)75(78(76)88-68-30-13-8-20-53(68)61-44-49(3)34-38-72(61)88)58-23-15-27-65-74(58)57-22-5-10-26-64(57)82(65)80-55(24-16-40-84-80)56-25-17-41-85-81(56)82/h5-45H,1-4H3. The third kappa shape index (κ3) is 6.39. The zero-order valence-corrected chi connectivity index (χ0v) is 49.3. The second-order valence-electron chi connectivity index (χ2n) is 24.6. The van der Waals surface area contributed by atoms with Crippen molar-refractivity contribution in [3.63, 3.8) is 0 Å². The molecule has 0 atom stereocenters. The van der Waals surface area contributed by atoms with Crippen LogP contribution in [0.2, 0.25) is 0 Å². The third-order valence-electron chi connectivity index (χ3n) is 19.7. The highest BCUT2D eigenvalue weighted by atomic mass is 15.1. The average Bonchev–Trinajstić information content (AvgIpc) is 1.55. The van der Waals surface area contributed by atoms with Gasteiger partial charge in [-0.25, -0.2) is 0 Å². The molecular weight excluding hydrogens is 1080 g/mol. The summed E-state index contributed by atoms with van der Waals surface area (Å²) in [5, 5.41) is 22.2. The molecule has 0 fully saturated rings. The largest absolute Gasteiger partial charge is 0.306 e. The number of aryl methyl sites for hydroxylation is 4. The number of fused-ring (bicyclic) bond motifs is 22. The van der Waals surface area contributed by atoms with Gasteiger partial charge in [-0.05, 0) is 140 Å². The Morgan fingerprint density at radius 3 is 1.06 bits per heavy atom. The summed E-state index contributed by atoms with van der Waals surface area (Å²) in [5.74, 6) is 0. The molecule has 2 aliphatic rings. The van der Waals surface area contributed by atoms with Gasteiger partial charge in [-0.15, -0.1) is 0 Å². The number of pyridine rings is 2. The van der Waals surface area contributed by atoms with Gasteiger partial charge in [0.1, 0.15) is 17.0 Å². The minimum absolute atomic E-state index is 0.526. The van der Waals surface area contributed by atoms with Crippen molar-refractivity contribution in [3.05, 3.63) is 299 Å². The van der Waals surface area contributed by atoms with Gasteiger partial charge < -0.3 is 18.3 Å². The fourth-order valence-electron chi connectivity index (χ4n) is 16.2. The van der Waals surface area contributed by atoms with E-state index in [1.165, 1.54) is 0 Å². The molecule has 0 bridgehead atoms. The predicted molar refractivity (Wildman–Crippen MR) is 365 cm³/mol. The molecule has 0 aliphatic heterocycles. The summed E-state index contributed by atoms with van der Waals surface area (Å²) in [7, 11) is 0. The first-order valence-electron chi connectivity index (χ1n) is 30.6. The topological polar surface area (TPSA) is 69.3 Å². The second-order valence-corrected chi connectivity index (χ2v) is 24.6. The molecule has 416 valence electrons. The summed E-state index contributed by atoms with van der Waals surface area (Å²) in [4.78, 5) is 10.9. The highest BCUT2D eigenvalue weighted by molar-refractivity contribution is 6.18. The number of rotatable bonds is 5. The molecule has 2 aliphatic carbocycles. The summed E-state index contributed by atoms with van der Waals surface area (Å²) >= 11 is 0. The minimum atomic E-state index is -0.877. The van der Waals surface area contributed by atoms with Crippen molar-refractivity contribution < 1.29 is 0 Å². The summed E-state index contributed by atoms with van der Waals surface area (Å²) in [6.45, 7) is 8.72. The molecule has 7 heteroatoms. The first kappa shape index (κ1) is 49.6. The lowest BCUT2D eigenvalue weighted by Crippen LogP contribution is -2.28. The van der Waals surface area contributed by atoms with Crippen LogP contribution in [0.3, 0.4) is 0 Å². The number of nitrogens with zero attached hydrogens (tertiary/aromatic N) is 7. The van der Waals surface area contributed by atoms with E-state index in [9.17, 15) is 5.26 Å². The van der Waals surface area contributed by atoms with E-state index in [-0.39, 0.29) is 0 Å². The van der Waals surface area contributed by atoms with Crippen LogP contribution in [-0.4, -0.2) is 28.2 Å². The maximum absolute atomic E-state index is 13.3. The normalized spacial score (nSPS) is 13.0.